The van der Waals surface area contributed by atoms with Crippen LogP contribution in [0.3, 0.4) is 0 Å². The molecule has 2 aromatic carbocycles. The average molecular weight is 721 g/mol. The highest BCUT2D eigenvalue weighted by Gasteiger charge is 2.28. The molecular formula is C40H45FN8O4. The summed E-state index contributed by atoms with van der Waals surface area (Å²) in [6.45, 7) is 8.77. The van der Waals surface area contributed by atoms with E-state index in [9.17, 15) is 14.0 Å². The van der Waals surface area contributed by atoms with Gasteiger partial charge in [-0.3, -0.25) is 14.3 Å². The van der Waals surface area contributed by atoms with Gasteiger partial charge in [0, 0.05) is 92.3 Å². The number of aryl methyl sites for hydroxylation is 1. The van der Waals surface area contributed by atoms with E-state index in [0.29, 0.717) is 81.0 Å². The zero-order valence-electron chi connectivity index (χ0n) is 30.7. The predicted octanol–water partition coefficient (Wildman–Crippen LogP) is 5.78. The fourth-order valence-electron chi connectivity index (χ4n) is 7.40. The molecule has 2 aliphatic rings. The summed E-state index contributed by atoms with van der Waals surface area (Å²) in [6.07, 6.45) is 7.90. The van der Waals surface area contributed by atoms with Gasteiger partial charge in [0.25, 0.3) is 5.91 Å². The van der Waals surface area contributed by atoms with Crippen LogP contribution in [0.15, 0.2) is 73.2 Å². The molecule has 1 fully saturated rings. The number of carbonyl (C=O) groups is 2. The molecule has 2 aliphatic heterocycles. The average Bonchev–Trinajstić information content (AvgIpc) is 3.84. The summed E-state index contributed by atoms with van der Waals surface area (Å²) in [4.78, 5) is 37.8. The number of hydrogen-bond acceptors (Lipinski definition) is 8. The van der Waals surface area contributed by atoms with Crippen LogP contribution in [0.5, 0.6) is 11.5 Å². The number of aromatic nitrogens is 5. The molecule has 276 valence electrons. The molecule has 5 heterocycles. The molecule has 0 radical (unpaired) electrons. The molecule has 0 spiro atoms. The van der Waals surface area contributed by atoms with Gasteiger partial charge in [0.2, 0.25) is 5.91 Å². The van der Waals surface area contributed by atoms with Gasteiger partial charge < -0.3 is 28.7 Å². The van der Waals surface area contributed by atoms with E-state index < -0.39 is 5.82 Å². The molecule has 2 amide bonds. The second kappa shape index (κ2) is 15.5. The number of amides is 2. The third kappa shape index (κ3) is 7.46. The Balaban J connectivity index is 1.24. The number of ether oxygens (including phenoxy) is 2. The number of fused-ring (bicyclic) bond motifs is 1. The van der Waals surface area contributed by atoms with E-state index in [1.54, 1.807) is 24.2 Å². The second-order valence-electron chi connectivity index (χ2n) is 13.9. The van der Waals surface area contributed by atoms with Crippen molar-refractivity contribution in [1.29, 1.82) is 0 Å². The summed E-state index contributed by atoms with van der Waals surface area (Å²) in [5.74, 6) is 1.52. The van der Waals surface area contributed by atoms with E-state index in [0.717, 1.165) is 46.3 Å². The summed E-state index contributed by atoms with van der Waals surface area (Å²) < 4.78 is 29.1. The molecule has 0 bridgehead atoms. The second-order valence-corrected chi connectivity index (χ2v) is 13.9. The number of para-hydroxylation sites is 1. The van der Waals surface area contributed by atoms with Gasteiger partial charge >= 0.3 is 0 Å². The molecular weight excluding hydrogens is 675 g/mol. The van der Waals surface area contributed by atoms with E-state index in [2.05, 4.69) is 45.9 Å². The van der Waals surface area contributed by atoms with E-state index in [1.807, 2.05) is 51.1 Å². The van der Waals surface area contributed by atoms with Gasteiger partial charge in [0.15, 0.2) is 11.6 Å². The van der Waals surface area contributed by atoms with Gasteiger partial charge in [-0.1, -0.05) is 43.3 Å². The Morgan fingerprint density at radius 3 is 2.45 bits per heavy atom. The summed E-state index contributed by atoms with van der Waals surface area (Å²) >= 11 is 0. The van der Waals surface area contributed by atoms with Gasteiger partial charge in [0.05, 0.1) is 38.7 Å². The summed E-state index contributed by atoms with van der Waals surface area (Å²) in [5, 5.41) is 8.80. The number of rotatable bonds is 11. The molecule has 53 heavy (non-hydrogen) atoms. The molecule has 0 unspecified atom stereocenters. The van der Waals surface area contributed by atoms with Crippen LogP contribution in [0.1, 0.15) is 42.7 Å². The van der Waals surface area contributed by atoms with Crippen molar-refractivity contribution in [3.63, 3.8) is 0 Å². The number of benzene rings is 2. The maximum atomic E-state index is 14.3. The molecule has 0 atom stereocenters. The number of piperazine rings is 1. The van der Waals surface area contributed by atoms with Gasteiger partial charge in [-0.05, 0) is 42.2 Å². The van der Waals surface area contributed by atoms with Crippen LogP contribution >= 0.6 is 0 Å². The monoisotopic (exact) mass is 720 g/mol. The van der Waals surface area contributed by atoms with Crippen LogP contribution in [0.25, 0.3) is 27.6 Å². The van der Waals surface area contributed by atoms with Gasteiger partial charge in [-0.2, -0.15) is 0 Å². The molecule has 7 rings (SSSR count). The van der Waals surface area contributed by atoms with Crippen molar-refractivity contribution >= 4 is 34.1 Å². The Morgan fingerprint density at radius 1 is 0.925 bits per heavy atom. The van der Waals surface area contributed by atoms with E-state index in [4.69, 9.17) is 9.47 Å². The molecule has 1 saturated heterocycles. The Labute approximate surface area is 308 Å². The van der Waals surface area contributed by atoms with Crippen molar-refractivity contribution in [3.05, 3.63) is 90.3 Å². The molecule has 0 N–H and O–H groups in total. The van der Waals surface area contributed by atoms with Crippen LogP contribution in [-0.4, -0.2) is 99.6 Å². The Hall–Kier alpha value is -5.72. The minimum atomic E-state index is -0.462. The van der Waals surface area contributed by atoms with Crippen molar-refractivity contribution in [3.8, 4) is 22.6 Å². The van der Waals surface area contributed by atoms with Crippen molar-refractivity contribution in [2.24, 2.45) is 5.92 Å². The molecule has 13 heteroatoms. The van der Waals surface area contributed by atoms with E-state index in [-0.39, 0.29) is 11.8 Å². The molecule has 3 aromatic heterocycles. The third-order valence-corrected chi connectivity index (χ3v) is 9.93. The number of carbonyl (C=O) groups excluding carboxylic acids is 2. The van der Waals surface area contributed by atoms with Crippen molar-refractivity contribution < 1.29 is 23.5 Å². The maximum Gasteiger partial charge on any atom is 0.254 e. The van der Waals surface area contributed by atoms with Gasteiger partial charge in [0.1, 0.15) is 11.6 Å². The highest BCUT2D eigenvalue weighted by molar-refractivity contribution is 6.06. The normalized spacial score (nSPS) is 14.9. The van der Waals surface area contributed by atoms with Crippen LogP contribution < -0.4 is 14.4 Å². The lowest BCUT2D eigenvalue weighted by Gasteiger charge is -2.36. The van der Waals surface area contributed by atoms with Crippen molar-refractivity contribution in [2.75, 3.05) is 58.4 Å². The molecule has 0 aliphatic carbocycles. The lowest BCUT2D eigenvalue weighted by Crippen LogP contribution is -2.49. The number of anilines is 1. The number of halogens is 1. The zero-order valence-corrected chi connectivity index (χ0v) is 30.7. The highest BCUT2D eigenvalue weighted by Crippen LogP contribution is 2.40. The smallest absolute Gasteiger partial charge is 0.254 e. The number of hydrogen-bond donors (Lipinski definition) is 0. The number of pyridine rings is 1. The summed E-state index contributed by atoms with van der Waals surface area (Å²) in [6, 6.07) is 15.4. The largest absolute Gasteiger partial charge is 0.496 e. The Bertz CT molecular complexity index is 2140. The zero-order chi connectivity index (χ0) is 37.1. The van der Waals surface area contributed by atoms with Crippen molar-refractivity contribution in [1.82, 2.24) is 34.3 Å². The number of nitrogens with zero attached hydrogens (tertiary/aromatic N) is 8. The first-order valence-electron chi connectivity index (χ1n) is 18.1. The summed E-state index contributed by atoms with van der Waals surface area (Å²) in [7, 11) is 3.16. The van der Waals surface area contributed by atoms with Crippen LogP contribution in [0.4, 0.5) is 10.2 Å². The fourth-order valence-corrected chi connectivity index (χ4v) is 7.40. The van der Waals surface area contributed by atoms with Crippen LogP contribution in [0, 0.1) is 11.7 Å². The fraction of sp³-hybridized carbons (Fsp3) is 0.375. The first-order valence-corrected chi connectivity index (χ1v) is 18.1. The predicted molar refractivity (Wildman–Crippen MR) is 201 cm³/mol. The maximum absolute atomic E-state index is 14.3. The van der Waals surface area contributed by atoms with E-state index >= 15 is 0 Å². The lowest BCUT2D eigenvalue weighted by molar-refractivity contribution is -0.131. The van der Waals surface area contributed by atoms with Gasteiger partial charge in [-0.25, -0.2) is 9.37 Å². The Kier molecular flexibility index (Phi) is 10.4. The first kappa shape index (κ1) is 35.7. The Morgan fingerprint density at radius 2 is 1.72 bits per heavy atom. The van der Waals surface area contributed by atoms with Crippen LogP contribution in [0.2, 0.25) is 0 Å². The third-order valence-electron chi connectivity index (χ3n) is 9.93. The minimum absolute atomic E-state index is 0.0686. The molecule has 5 aromatic rings. The summed E-state index contributed by atoms with van der Waals surface area (Å²) in [5.41, 5.74) is 5.53. The van der Waals surface area contributed by atoms with Crippen molar-refractivity contribution in [2.45, 2.75) is 39.8 Å². The standard InChI is InChI=1S/C40H45FN8O4/c1-27(2)25-49-34(28-8-7-13-47(26-28)37(50)11-14-48-15-12-43-44-48)22-29-20-30(21-33(38(29)49)32-9-5-6-10-35(32)52-3)40(51)46-18-16-45(17-19-46)39-36(53-4)23-31(41)24-42-39/h5-6,8-10,12,15,20-24,27H,7,11,13-14,16-19,25-26H2,1-4H3. The first-order chi connectivity index (χ1) is 25.7. The lowest BCUT2D eigenvalue weighted by atomic mass is 9.98. The van der Waals surface area contributed by atoms with Gasteiger partial charge in [-0.15, -0.1) is 5.10 Å². The molecule has 12 nitrogen and oxygen atoms in total. The molecule has 0 saturated carbocycles. The van der Waals surface area contributed by atoms with Crippen LogP contribution in [-0.2, 0) is 17.9 Å². The highest BCUT2D eigenvalue weighted by atomic mass is 19.1. The quantitative estimate of drug-likeness (QED) is 0.169. The van der Waals surface area contributed by atoms with E-state index in [1.165, 1.54) is 19.4 Å². The topological polar surface area (TPSA) is 111 Å². The minimum Gasteiger partial charge on any atom is -0.496 e. The SMILES string of the molecule is COc1ccccc1-c1cc(C(=O)N2CCN(c3ncc(F)cc3OC)CC2)cc2cc(C3=CCCN(C(=O)CCn4ccnn4)C3)n(CC(C)C)c12. The number of methoxy groups -OCH3 is 2.